The number of hydrogen-bond donors (Lipinski definition) is 1. The molecule has 1 aromatic carbocycles. The number of benzene rings is 1. The summed E-state index contributed by atoms with van der Waals surface area (Å²) in [5, 5.41) is 12.9. The Morgan fingerprint density at radius 2 is 2.17 bits per heavy atom. The summed E-state index contributed by atoms with van der Waals surface area (Å²) in [4.78, 5) is 14.9. The topological polar surface area (TPSA) is 56.1 Å². The van der Waals surface area contributed by atoms with Crippen molar-refractivity contribution >= 4 is 22.2 Å². The van der Waals surface area contributed by atoms with Gasteiger partial charge >= 0.3 is 0 Å². The molecule has 2 heterocycles. The predicted molar refractivity (Wildman–Crippen MR) is 92.5 cm³/mol. The lowest BCUT2D eigenvalue weighted by Gasteiger charge is -2.26. The number of nitriles is 1. The number of carbonyl (C=O) groups excluding carboxylic acids is 1. The van der Waals surface area contributed by atoms with E-state index in [9.17, 15) is 10.1 Å². The van der Waals surface area contributed by atoms with Crippen LogP contribution in [0.3, 0.4) is 0 Å². The average molecular weight is 325 g/mol. The Morgan fingerprint density at radius 3 is 2.87 bits per heavy atom. The van der Waals surface area contributed by atoms with E-state index in [0.29, 0.717) is 10.6 Å². The highest BCUT2D eigenvalue weighted by molar-refractivity contribution is 7.16. The number of anilines is 1. The van der Waals surface area contributed by atoms with Crippen molar-refractivity contribution in [3.8, 4) is 6.07 Å². The quantitative estimate of drug-likeness (QED) is 0.939. The first kappa shape index (κ1) is 15.7. The fourth-order valence-electron chi connectivity index (χ4n) is 2.95. The molecule has 1 aliphatic heterocycles. The fourth-order valence-corrected chi connectivity index (χ4v) is 4.23. The number of amides is 1. The minimum absolute atomic E-state index is 0.124. The zero-order valence-corrected chi connectivity index (χ0v) is 13.9. The van der Waals surface area contributed by atoms with Gasteiger partial charge in [-0.25, -0.2) is 0 Å². The molecule has 118 valence electrons. The standard InChI is InChI=1S/C18H19N3OS/c1-13(22)20-18-16(11-19)15-8-10-21(12-17(15)23-18)9-7-14-5-3-2-4-6-14/h2-6H,7-10,12H2,1H3,(H,20,22). The largest absolute Gasteiger partial charge is 0.317 e. The number of thiophene rings is 1. The van der Waals surface area contributed by atoms with Crippen molar-refractivity contribution < 1.29 is 4.79 Å². The molecule has 2 aromatic rings. The molecule has 0 bridgehead atoms. The number of fused-ring (bicyclic) bond motifs is 1. The van der Waals surface area contributed by atoms with Crippen molar-refractivity contribution in [2.45, 2.75) is 26.3 Å². The highest BCUT2D eigenvalue weighted by Crippen LogP contribution is 2.36. The summed E-state index contributed by atoms with van der Waals surface area (Å²) in [6.07, 6.45) is 1.91. The molecule has 0 aliphatic carbocycles. The predicted octanol–water partition coefficient (Wildman–Crippen LogP) is 3.18. The van der Waals surface area contributed by atoms with Gasteiger partial charge in [-0.3, -0.25) is 9.69 Å². The fraction of sp³-hybridized carbons (Fsp3) is 0.333. The molecule has 0 unspecified atom stereocenters. The van der Waals surface area contributed by atoms with Crippen LogP contribution in [0.25, 0.3) is 0 Å². The van der Waals surface area contributed by atoms with E-state index < -0.39 is 0 Å². The van der Waals surface area contributed by atoms with Crippen molar-refractivity contribution in [1.29, 1.82) is 5.26 Å². The number of nitrogens with zero attached hydrogens (tertiary/aromatic N) is 2. The molecule has 3 rings (SSSR count). The summed E-state index contributed by atoms with van der Waals surface area (Å²) < 4.78 is 0. The summed E-state index contributed by atoms with van der Waals surface area (Å²) in [7, 11) is 0. The van der Waals surface area contributed by atoms with Gasteiger partial charge in [0.05, 0.1) is 5.56 Å². The van der Waals surface area contributed by atoms with Crippen molar-refractivity contribution in [1.82, 2.24) is 4.90 Å². The maximum Gasteiger partial charge on any atom is 0.221 e. The van der Waals surface area contributed by atoms with Gasteiger partial charge in [0.2, 0.25) is 5.91 Å². The Hall–Kier alpha value is -2.16. The zero-order valence-electron chi connectivity index (χ0n) is 13.1. The lowest BCUT2D eigenvalue weighted by molar-refractivity contribution is -0.114. The van der Waals surface area contributed by atoms with E-state index in [4.69, 9.17) is 0 Å². The van der Waals surface area contributed by atoms with E-state index in [2.05, 4.69) is 40.6 Å². The Bertz CT molecular complexity index is 746. The van der Waals surface area contributed by atoms with Crippen molar-refractivity contribution in [2.24, 2.45) is 0 Å². The molecule has 1 aromatic heterocycles. The van der Waals surface area contributed by atoms with Crippen LogP contribution in [0.5, 0.6) is 0 Å². The van der Waals surface area contributed by atoms with Crippen LogP contribution < -0.4 is 5.32 Å². The first-order chi connectivity index (χ1) is 11.2. The van der Waals surface area contributed by atoms with Gasteiger partial charge < -0.3 is 5.32 Å². The monoisotopic (exact) mass is 325 g/mol. The van der Waals surface area contributed by atoms with Crippen LogP contribution in [0.2, 0.25) is 0 Å². The molecule has 4 nitrogen and oxygen atoms in total. The van der Waals surface area contributed by atoms with E-state index >= 15 is 0 Å². The Labute approximate surface area is 140 Å². The van der Waals surface area contributed by atoms with Gasteiger partial charge in [-0.15, -0.1) is 11.3 Å². The molecule has 0 spiro atoms. The molecule has 0 atom stereocenters. The third-order valence-corrected chi connectivity index (χ3v) is 5.23. The SMILES string of the molecule is CC(=O)Nc1sc2c(c1C#N)CCN(CCc1ccccc1)C2. The van der Waals surface area contributed by atoms with Gasteiger partial charge in [0.15, 0.2) is 0 Å². The Morgan fingerprint density at radius 1 is 1.39 bits per heavy atom. The smallest absolute Gasteiger partial charge is 0.221 e. The second kappa shape index (κ2) is 6.95. The van der Waals surface area contributed by atoms with Crippen LogP contribution in [-0.2, 0) is 24.2 Å². The van der Waals surface area contributed by atoms with Crippen LogP contribution >= 0.6 is 11.3 Å². The van der Waals surface area contributed by atoms with E-state index in [1.807, 2.05) is 6.07 Å². The van der Waals surface area contributed by atoms with Gasteiger partial charge in [0, 0.05) is 31.4 Å². The highest BCUT2D eigenvalue weighted by Gasteiger charge is 2.24. The molecule has 23 heavy (non-hydrogen) atoms. The molecule has 5 heteroatoms. The van der Waals surface area contributed by atoms with Gasteiger partial charge in [-0.2, -0.15) is 5.26 Å². The molecule has 0 saturated carbocycles. The van der Waals surface area contributed by atoms with Crippen LogP contribution in [-0.4, -0.2) is 23.9 Å². The molecular weight excluding hydrogens is 306 g/mol. The molecule has 0 radical (unpaired) electrons. The van der Waals surface area contributed by atoms with Crippen LogP contribution in [0.1, 0.15) is 28.5 Å². The van der Waals surface area contributed by atoms with Crippen molar-refractivity contribution in [3.63, 3.8) is 0 Å². The summed E-state index contributed by atoms with van der Waals surface area (Å²) in [6, 6.07) is 12.8. The third kappa shape index (κ3) is 3.61. The molecule has 0 fully saturated rings. The third-order valence-electron chi connectivity index (χ3n) is 4.10. The Balaban J connectivity index is 1.70. The summed E-state index contributed by atoms with van der Waals surface area (Å²) in [5.74, 6) is -0.124. The second-order valence-electron chi connectivity index (χ2n) is 5.76. The van der Waals surface area contributed by atoms with Crippen molar-refractivity contribution in [2.75, 3.05) is 18.4 Å². The first-order valence-electron chi connectivity index (χ1n) is 7.76. The molecule has 0 saturated heterocycles. The van der Waals surface area contributed by atoms with E-state index in [-0.39, 0.29) is 5.91 Å². The molecule has 1 aliphatic rings. The number of carbonyl (C=O) groups is 1. The van der Waals surface area contributed by atoms with Crippen molar-refractivity contribution in [3.05, 3.63) is 51.9 Å². The Kier molecular flexibility index (Phi) is 4.75. The van der Waals surface area contributed by atoms with Gasteiger partial charge in [-0.05, 0) is 24.0 Å². The van der Waals surface area contributed by atoms with Crippen LogP contribution in [0.15, 0.2) is 30.3 Å². The number of hydrogen-bond acceptors (Lipinski definition) is 4. The van der Waals surface area contributed by atoms with Gasteiger partial charge in [-0.1, -0.05) is 30.3 Å². The minimum atomic E-state index is -0.124. The molecule has 1 amide bonds. The lowest BCUT2D eigenvalue weighted by atomic mass is 10.0. The zero-order chi connectivity index (χ0) is 16.2. The van der Waals surface area contributed by atoms with Gasteiger partial charge in [0.1, 0.15) is 11.1 Å². The molecule has 1 N–H and O–H groups in total. The normalized spacial score (nSPS) is 14.1. The summed E-state index contributed by atoms with van der Waals surface area (Å²) >= 11 is 1.54. The van der Waals surface area contributed by atoms with E-state index in [1.54, 1.807) is 11.3 Å². The van der Waals surface area contributed by atoms with E-state index in [0.717, 1.165) is 38.0 Å². The summed E-state index contributed by atoms with van der Waals surface area (Å²) in [6.45, 7) is 4.32. The highest BCUT2D eigenvalue weighted by atomic mass is 32.1. The maximum absolute atomic E-state index is 11.3. The summed E-state index contributed by atoms with van der Waals surface area (Å²) in [5.41, 5.74) is 3.13. The number of nitrogens with one attached hydrogen (secondary N) is 1. The first-order valence-corrected chi connectivity index (χ1v) is 8.57. The van der Waals surface area contributed by atoms with E-state index in [1.165, 1.54) is 17.4 Å². The number of rotatable bonds is 4. The molecular formula is C18H19N3OS. The second-order valence-corrected chi connectivity index (χ2v) is 6.87. The van der Waals surface area contributed by atoms with Crippen LogP contribution in [0.4, 0.5) is 5.00 Å². The van der Waals surface area contributed by atoms with Gasteiger partial charge in [0.25, 0.3) is 0 Å². The minimum Gasteiger partial charge on any atom is -0.317 e. The average Bonchev–Trinajstić information content (AvgIpc) is 2.89. The lowest BCUT2D eigenvalue weighted by Crippen LogP contribution is -2.31. The van der Waals surface area contributed by atoms with Crippen LogP contribution in [0, 0.1) is 11.3 Å². The maximum atomic E-state index is 11.3.